The third kappa shape index (κ3) is 4.73. The molecule has 0 aliphatic carbocycles. The summed E-state index contributed by atoms with van der Waals surface area (Å²) in [4.78, 5) is 0. The Bertz CT molecular complexity index is 889. The predicted molar refractivity (Wildman–Crippen MR) is 122 cm³/mol. The van der Waals surface area contributed by atoms with Gasteiger partial charge in [-0.2, -0.15) is 0 Å². The Morgan fingerprint density at radius 3 is 2.37 bits per heavy atom. The Hall–Kier alpha value is -1.80. The third-order valence-electron chi connectivity index (χ3n) is 5.29. The molecule has 0 N–H and O–H groups in total. The van der Waals surface area contributed by atoms with Gasteiger partial charge in [-0.3, -0.25) is 0 Å². The van der Waals surface area contributed by atoms with Crippen molar-refractivity contribution in [3.63, 3.8) is 0 Å². The first kappa shape index (κ1) is 19.9. The summed E-state index contributed by atoms with van der Waals surface area (Å²) < 4.78 is 3.71. The lowest BCUT2D eigenvalue weighted by atomic mass is 10.0. The largest absolute Gasteiger partial charge is 0.335 e. The van der Waals surface area contributed by atoms with Crippen LogP contribution in [0.25, 0.3) is 16.5 Å². The predicted octanol–water partition coefficient (Wildman–Crippen LogP) is 8.22. The maximum Gasteiger partial charge on any atom is 0.0594 e. The van der Waals surface area contributed by atoms with Crippen molar-refractivity contribution in [2.24, 2.45) is 0 Å². The first-order valence-electron chi connectivity index (χ1n) is 10.2. The van der Waals surface area contributed by atoms with E-state index >= 15 is 0 Å². The Kier molecular flexibility index (Phi) is 7.34. The summed E-state index contributed by atoms with van der Waals surface area (Å²) >= 11 is 3.93. The van der Waals surface area contributed by atoms with Crippen LogP contribution in [-0.4, -0.2) is 4.57 Å². The molecule has 2 aromatic carbocycles. The number of fused-ring (bicyclic) bond motifs is 1. The second-order valence-electron chi connectivity index (χ2n) is 7.23. The summed E-state index contributed by atoms with van der Waals surface area (Å²) in [6.07, 6.45) is 10.0. The van der Waals surface area contributed by atoms with E-state index in [2.05, 4.69) is 95.0 Å². The Labute approximate surface area is 172 Å². The number of hydrogen-bond donors (Lipinski definition) is 0. The van der Waals surface area contributed by atoms with Crippen molar-refractivity contribution in [1.29, 1.82) is 0 Å². The van der Waals surface area contributed by atoms with Crippen LogP contribution < -0.4 is 0 Å². The van der Waals surface area contributed by atoms with Crippen LogP contribution in [0.5, 0.6) is 0 Å². The van der Waals surface area contributed by atoms with Crippen molar-refractivity contribution >= 4 is 32.4 Å². The molecule has 0 atom stereocenters. The summed E-state index contributed by atoms with van der Waals surface area (Å²) in [5.41, 5.74) is 5.43. The molecule has 0 saturated heterocycles. The fraction of sp³-hybridized carbons (Fsp3) is 0.360. The second kappa shape index (κ2) is 9.94. The maximum absolute atomic E-state index is 3.93. The van der Waals surface area contributed by atoms with Gasteiger partial charge in [-0.1, -0.05) is 87.2 Å². The number of hydrogen-bond acceptors (Lipinski definition) is 0. The number of unbranched alkanes of at least 4 members (excludes halogenated alkanes) is 4. The van der Waals surface area contributed by atoms with Gasteiger partial charge in [0.25, 0.3) is 0 Å². The molecule has 1 nitrogen and oxygen atoms in total. The van der Waals surface area contributed by atoms with Gasteiger partial charge in [-0.05, 0) is 52.9 Å². The molecule has 0 spiro atoms. The van der Waals surface area contributed by atoms with Crippen molar-refractivity contribution in [3.8, 4) is 0 Å². The quantitative estimate of drug-likeness (QED) is 0.305. The number of halogens is 1. The van der Waals surface area contributed by atoms with Gasteiger partial charge in [0.1, 0.15) is 0 Å². The zero-order chi connectivity index (χ0) is 19.1. The molecule has 3 aromatic rings. The van der Waals surface area contributed by atoms with Gasteiger partial charge in [0.2, 0.25) is 0 Å². The van der Waals surface area contributed by atoms with E-state index in [4.69, 9.17) is 0 Å². The van der Waals surface area contributed by atoms with Crippen molar-refractivity contribution in [3.05, 3.63) is 76.4 Å². The molecule has 3 rings (SSSR count). The average molecular weight is 424 g/mol. The summed E-state index contributed by atoms with van der Waals surface area (Å²) in [6.45, 7) is 5.35. The molecule has 0 saturated carbocycles. The van der Waals surface area contributed by atoms with E-state index in [0.717, 1.165) is 13.0 Å². The highest BCUT2D eigenvalue weighted by molar-refractivity contribution is 9.10. The van der Waals surface area contributed by atoms with Crippen LogP contribution in [0.3, 0.4) is 0 Å². The normalized spacial score (nSPS) is 12.0. The van der Waals surface area contributed by atoms with E-state index in [0.29, 0.717) is 0 Å². The highest BCUT2D eigenvalue weighted by Crippen LogP contribution is 2.37. The van der Waals surface area contributed by atoms with Gasteiger partial charge in [0, 0.05) is 17.4 Å². The van der Waals surface area contributed by atoms with Crippen molar-refractivity contribution in [2.75, 3.05) is 0 Å². The summed E-state index contributed by atoms with van der Waals surface area (Å²) in [6, 6.07) is 19.5. The maximum atomic E-state index is 3.93. The van der Waals surface area contributed by atoms with E-state index < -0.39 is 0 Å². The number of aromatic nitrogens is 1. The minimum Gasteiger partial charge on any atom is -0.335 e. The molecule has 0 aliphatic heterocycles. The Morgan fingerprint density at radius 2 is 1.63 bits per heavy atom. The molecular formula is C25H30BrN. The van der Waals surface area contributed by atoms with Crippen LogP contribution in [0.4, 0.5) is 0 Å². The summed E-state index contributed by atoms with van der Waals surface area (Å²) in [5.74, 6) is 0. The van der Waals surface area contributed by atoms with Crippen LogP contribution in [-0.2, 0) is 6.54 Å². The molecule has 27 heavy (non-hydrogen) atoms. The van der Waals surface area contributed by atoms with Crippen molar-refractivity contribution in [1.82, 2.24) is 4.57 Å². The van der Waals surface area contributed by atoms with E-state index in [-0.39, 0.29) is 0 Å². The van der Waals surface area contributed by atoms with Gasteiger partial charge in [0.15, 0.2) is 0 Å². The fourth-order valence-electron chi connectivity index (χ4n) is 3.82. The number of benzene rings is 2. The van der Waals surface area contributed by atoms with Gasteiger partial charge in [-0.15, -0.1) is 0 Å². The molecule has 0 amide bonds. The van der Waals surface area contributed by atoms with E-state index in [9.17, 15) is 0 Å². The van der Waals surface area contributed by atoms with E-state index in [1.165, 1.54) is 64.3 Å². The van der Waals surface area contributed by atoms with Gasteiger partial charge < -0.3 is 4.57 Å². The lowest BCUT2D eigenvalue weighted by Crippen LogP contribution is -2.04. The zero-order valence-corrected chi connectivity index (χ0v) is 18.1. The van der Waals surface area contributed by atoms with Crippen LogP contribution in [0, 0.1) is 0 Å². The number of para-hydroxylation sites is 1. The molecule has 0 radical (unpaired) electrons. The molecule has 0 fully saturated rings. The summed E-state index contributed by atoms with van der Waals surface area (Å²) in [7, 11) is 0. The highest BCUT2D eigenvalue weighted by atomic mass is 79.9. The standard InChI is InChI=1S/C25H30BrN/c1-3-5-6-7-11-16-21(4-2)25-24(26)22-17-12-13-18-23(22)27(25)19-20-14-9-8-10-15-20/h4,8-10,12-15,17-18H,3,5-7,11,16,19H2,1-2H3/b21-4+. The minimum absolute atomic E-state index is 0.898. The van der Waals surface area contributed by atoms with Crippen LogP contribution >= 0.6 is 15.9 Å². The number of nitrogens with zero attached hydrogens (tertiary/aromatic N) is 1. The molecular weight excluding hydrogens is 394 g/mol. The first-order valence-corrected chi connectivity index (χ1v) is 11.0. The Balaban J connectivity index is 1.95. The van der Waals surface area contributed by atoms with E-state index in [1.54, 1.807) is 0 Å². The lowest BCUT2D eigenvalue weighted by Gasteiger charge is -2.15. The van der Waals surface area contributed by atoms with Gasteiger partial charge in [-0.25, -0.2) is 0 Å². The van der Waals surface area contributed by atoms with Crippen LogP contribution in [0.2, 0.25) is 0 Å². The first-order chi connectivity index (χ1) is 13.3. The van der Waals surface area contributed by atoms with Crippen molar-refractivity contribution in [2.45, 2.75) is 58.9 Å². The monoisotopic (exact) mass is 423 g/mol. The second-order valence-corrected chi connectivity index (χ2v) is 8.02. The molecule has 142 valence electrons. The molecule has 0 unspecified atom stereocenters. The fourth-order valence-corrected chi connectivity index (χ4v) is 4.63. The molecule has 1 aromatic heterocycles. The zero-order valence-electron chi connectivity index (χ0n) is 16.5. The third-order valence-corrected chi connectivity index (χ3v) is 6.10. The van der Waals surface area contributed by atoms with Gasteiger partial charge in [0.05, 0.1) is 10.2 Å². The SMILES string of the molecule is C/C=C(\CCCCCCC)c1c(Br)c2ccccc2n1Cc1ccccc1. The minimum atomic E-state index is 0.898. The topological polar surface area (TPSA) is 4.93 Å². The van der Waals surface area contributed by atoms with E-state index in [1.807, 2.05) is 0 Å². The van der Waals surface area contributed by atoms with Crippen molar-refractivity contribution < 1.29 is 0 Å². The summed E-state index contributed by atoms with van der Waals surface area (Å²) in [5, 5.41) is 1.30. The lowest BCUT2D eigenvalue weighted by molar-refractivity contribution is 0.639. The van der Waals surface area contributed by atoms with Gasteiger partial charge >= 0.3 is 0 Å². The molecule has 0 bridgehead atoms. The number of allylic oxidation sites excluding steroid dienone is 2. The Morgan fingerprint density at radius 1 is 0.926 bits per heavy atom. The van der Waals surface area contributed by atoms with Crippen LogP contribution in [0.15, 0.2) is 65.1 Å². The average Bonchev–Trinajstić information content (AvgIpc) is 2.98. The van der Waals surface area contributed by atoms with Crippen LogP contribution in [0.1, 0.15) is 63.6 Å². The highest BCUT2D eigenvalue weighted by Gasteiger charge is 2.18. The smallest absolute Gasteiger partial charge is 0.0594 e. The molecule has 0 aliphatic rings. The molecule has 2 heteroatoms. The molecule has 1 heterocycles. The number of rotatable bonds is 9.